The summed E-state index contributed by atoms with van der Waals surface area (Å²) < 4.78 is 13.6. The van der Waals surface area contributed by atoms with Gasteiger partial charge in [-0.25, -0.2) is 4.98 Å². The third-order valence-corrected chi connectivity index (χ3v) is 6.90. The molecule has 2 aliphatic rings. The first-order valence-electron chi connectivity index (χ1n) is 11.8. The Morgan fingerprint density at radius 2 is 1.86 bits per heavy atom. The van der Waals surface area contributed by atoms with Gasteiger partial charge in [-0.05, 0) is 66.9 Å². The normalized spacial score (nSPS) is 16.7. The SMILES string of the molecule is Cc1cc(CN2CC(C)(C(=O)O)C2)cc(-n2ccc3c(-c4ccc5c(c4)OCCO5)cccc32)n1. The van der Waals surface area contributed by atoms with Crippen LogP contribution in [0.15, 0.2) is 60.8 Å². The lowest BCUT2D eigenvalue weighted by Gasteiger charge is -2.45. The predicted octanol–water partition coefficient (Wildman–Crippen LogP) is 4.68. The van der Waals surface area contributed by atoms with Gasteiger partial charge in [-0.2, -0.15) is 0 Å². The molecule has 0 aliphatic carbocycles. The third-order valence-electron chi connectivity index (χ3n) is 6.90. The standard InChI is InChI=1S/C28H27N3O4/c1-18-12-19(15-30-16-28(2,17-30)27(32)33)13-26(29-18)31-9-8-22-21(4-3-5-23(22)31)20-6-7-24-25(14-20)35-11-10-34-24/h3-9,12-14H,10-11,15-17H2,1-2H3,(H,32,33). The maximum absolute atomic E-state index is 11.4. The fourth-order valence-electron chi connectivity index (χ4n) is 5.21. The number of carboxylic acid groups (broad SMARTS) is 1. The third kappa shape index (κ3) is 3.82. The molecule has 0 saturated carbocycles. The molecule has 2 aromatic carbocycles. The highest BCUT2D eigenvalue weighted by molar-refractivity contribution is 5.96. The molecule has 7 nitrogen and oxygen atoms in total. The van der Waals surface area contributed by atoms with E-state index in [4.69, 9.17) is 14.5 Å². The number of fused-ring (bicyclic) bond motifs is 2. The number of carboxylic acids is 1. The molecule has 1 fully saturated rings. The second-order valence-electron chi connectivity index (χ2n) is 9.77. The van der Waals surface area contributed by atoms with Crippen molar-refractivity contribution in [2.75, 3.05) is 26.3 Å². The molecule has 0 bridgehead atoms. The summed E-state index contributed by atoms with van der Waals surface area (Å²) in [6, 6.07) is 18.7. The first-order chi connectivity index (χ1) is 16.9. The van der Waals surface area contributed by atoms with Gasteiger partial charge in [0.15, 0.2) is 11.5 Å². The summed E-state index contributed by atoms with van der Waals surface area (Å²) in [5, 5.41) is 10.5. The van der Waals surface area contributed by atoms with E-state index in [0.29, 0.717) is 32.8 Å². The van der Waals surface area contributed by atoms with Crippen LogP contribution >= 0.6 is 0 Å². The molecule has 0 radical (unpaired) electrons. The Kier molecular flexibility index (Phi) is 5.04. The van der Waals surface area contributed by atoms with Gasteiger partial charge < -0.3 is 19.1 Å². The maximum Gasteiger partial charge on any atom is 0.311 e. The summed E-state index contributed by atoms with van der Waals surface area (Å²) in [6.07, 6.45) is 2.06. The van der Waals surface area contributed by atoms with Crippen LogP contribution < -0.4 is 9.47 Å². The highest BCUT2D eigenvalue weighted by Gasteiger charge is 2.45. The van der Waals surface area contributed by atoms with Crippen molar-refractivity contribution < 1.29 is 19.4 Å². The summed E-state index contributed by atoms with van der Waals surface area (Å²) in [4.78, 5) is 18.4. The van der Waals surface area contributed by atoms with Gasteiger partial charge in [0.25, 0.3) is 0 Å². The molecular weight excluding hydrogens is 442 g/mol. The number of aliphatic carboxylic acids is 1. The van der Waals surface area contributed by atoms with E-state index < -0.39 is 11.4 Å². The van der Waals surface area contributed by atoms with E-state index in [1.807, 2.05) is 19.1 Å². The molecule has 0 atom stereocenters. The largest absolute Gasteiger partial charge is 0.486 e. The van der Waals surface area contributed by atoms with Crippen LogP contribution in [0.25, 0.3) is 27.8 Å². The minimum Gasteiger partial charge on any atom is -0.486 e. The van der Waals surface area contributed by atoms with Crippen LogP contribution in [0.2, 0.25) is 0 Å². The lowest BCUT2D eigenvalue weighted by atomic mass is 9.82. The molecule has 2 aromatic heterocycles. The maximum atomic E-state index is 11.4. The molecule has 178 valence electrons. The lowest BCUT2D eigenvalue weighted by Crippen LogP contribution is -2.58. The van der Waals surface area contributed by atoms with Gasteiger partial charge in [0.05, 0.1) is 10.9 Å². The number of hydrogen-bond donors (Lipinski definition) is 1. The van der Waals surface area contributed by atoms with Crippen LogP contribution in [0.4, 0.5) is 0 Å². The Hall–Kier alpha value is -3.84. The van der Waals surface area contributed by atoms with Crippen molar-refractivity contribution >= 4 is 16.9 Å². The number of likely N-dealkylation sites (tertiary alicyclic amines) is 1. The zero-order valence-electron chi connectivity index (χ0n) is 19.8. The average Bonchev–Trinajstić information content (AvgIpc) is 3.26. The molecule has 0 spiro atoms. The number of carbonyl (C=O) groups is 1. The average molecular weight is 470 g/mol. The zero-order valence-corrected chi connectivity index (χ0v) is 19.8. The van der Waals surface area contributed by atoms with Gasteiger partial charge in [0.1, 0.15) is 19.0 Å². The lowest BCUT2D eigenvalue weighted by molar-refractivity contribution is -0.158. The second kappa shape index (κ2) is 8.13. The first kappa shape index (κ1) is 21.7. The van der Waals surface area contributed by atoms with Crippen molar-refractivity contribution in [2.24, 2.45) is 5.41 Å². The van der Waals surface area contributed by atoms with Crippen LogP contribution in [0.1, 0.15) is 18.2 Å². The van der Waals surface area contributed by atoms with Gasteiger partial charge in [0.2, 0.25) is 0 Å². The zero-order chi connectivity index (χ0) is 24.2. The summed E-state index contributed by atoms with van der Waals surface area (Å²) in [6.45, 7) is 6.77. The Balaban J connectivity index is 1.33. The van der Waals surface area contributed by atoms with Gasteiger partial charge in [-0.3, -0.25) is 9.69 Å². The fourth-order valence-corrected chi connectivity index (χ4v) is 5.21. The molecule has 4 aromatic rings. The van der Waals surface area contributed by atoms with Gasteiger partial charge in [-0.1, -0.05) is 18.2 Å². The minimum absolute atomic E-state index is 0.560. The minimum atomic E-state index is -0.729. The number of pyridine rings is 1. The van der Waals surface area contributed by atoms with Crippen LogP contribution in [0, 0.1) is 12.3 Å². The molecule has 6 rings (SSSR count). The van der Waals surface area contributed by atoms with Crippen molar-refractivity contribution in [1.29, 1.82) is 0 Å². The van der Waals surface area contributed by atoms with Gasteiger partial charge in [0, 0.05) is 36.9 Å². The van der Waals surface area contributed by atoms with Crippen LogP contribution in [-0.2, 0) is 11.3 Å². The van der Waals surface area contributed by atoms with E-state index in [-0.39, 0.29) is 0 Å². The van der Waals surface area contributed by atoms with Crippen LogP contribution in [0.3, 0.4) is 0 Å². The Morgan fingerprint density at radius 1 is 1.06 bits per heavy atom. The van der Waals surface area contributed by atoms with Gasteiger partial charge >= 0.3 is 5.97 Å². The highest BCUT2D eigenvalue weighted by Crippen LogP contribution is 2.38. The Labute approximate surface area is 203 Å². The first-order valence-corrected chi connectivity index (χ1v) is 11.8. The molecule has 1 saturated heterocycles. The topological polar surface area (TPSA) is 76.8 Å². The molecule has 2 aliphatic heterocycles. The number of aryl methyl sites for hydroxylation is 1. The summed E-state index contributed by atoms with van der Waals surface area (Å²) in [7, 11) is 0. The van der Waals surface area contributed by atoms with Crippen molar-refractivity contribution in [3.63, 3.8) is 0 Å². The van der Waals surface area contributed by atoms with E-state index in [1.165, 1.54) is 0 Å². The number of aromatic nitrogens is 2. The molecule has 1 N–H and O–H groups in total. The highest BCUT2D eigenvalue weighted by atomic mass is 16.6. The smallest absolute Gasteiger partial charge is 0.311 e. The fraction of sp³-hybridized carbons (Fsp3) is 0.286. The Morgan fingerprint density at radius 3 is 2.66 bits per heavy atom. The monoisotopic (exact) mass is 469 g/mol. The van der Waals surface area contributed by atoms with Crippen molar-refractivity contribution in [1.82, 2.24) is 14.5 Å². The number of hydrogen-bond acceptors (Lipinski definition) is 5. The number of nitrogens with zero attached hydrogens (tertiary/aromatic N) is 3. The molecule has 0 unspecified atom stereocenters. The number of rotatable bonds is 5. The van der Waals surface area contributed by atoms with E-state index in [1.54, 1.807) is 6.92 Å². The van der Waals surface area contributed by atoms with Gasteiger partial charge in [-0.15, -0.1) is 0 Å². The molecule has 35 heavy (non-hydrogen) atoms. The quantitative estimate of drug-likeness (QED) is 0.457. The molecule has 4 heterocycles. The van der Waals surface area contributed by atoms with E-state index >= 15 is 0 Å². The van der Waals surface area contributed by atoms with E-state index in [0.717, 1.165) is 50.6 Å². The molecular formula is C28H27N3O4. The van der Waals surface area contributed by atoms with E-state index in [9.17, 15) is 9.90 Å². The summed E-state index contributed by atoms with van der Waals surface area (Å²) >= 11 is 0. The number of benzene rings is 2. The molecule has 0 amide bonds. The van der Waals surface area contributed by atoms with Crippen molar-refractivity contribution in [3.8, 4) is 28.4 Å². The Bertz CT molecular complexity index is 1450. The van der Waals surface area contributed by atoms with Crippen LogP contribution in [-0.4, -0.2) is 51.8 Å². The van der Waals surface area contributed by atoms with Crippen LogP contribution in [0.5, 0.6) is 11.5 Å². The van der Waals surface area contributed by atoms with E-state index in [2.05, 4.69) is 58.1 Å². The molecule has 7 heteroatoms. The summed E-state index contributed by atoms with van der Waals surface area (Å²) in [5.74, 6) is 1.69. The number of ether oxygens (including phenoxy) is 2. The van der Waals surface area contributed by atoms with Crippen molar-refractivity contribution in [2.45, 2.75) is 20.4 Å². The van der Waals surface area contributed by atoms with Crippen molar-refractivity contribution in [3.05, 3.63) is 72.1 Å². The predicted molar refractivity (Wildman–Crippen MR) is 133 cm³/mol. The summed E-state index contributed by atoms with van der Waals surface area (Å²) in [5.41, 5.74) is 4.69. The second-order valence-corrected chi connectivity index (χ2v) is 9.77.